The number of nitrogens with two attached hydrogens (primary N) is 1. The van der Waals surface area contributed by atoms with Crippen LogP contribution in [-0.4, -0.2) is 25.6 Å². The Bertz CT molecular complexity index is 541. The number of methoxy groups -OCH3 is 1. The van der Waals surface area contributed by atoms with Gasteiger partial charge in [0.25, 0.3) is 0 Å². The van der Waals surface area contributed by atoms with Crippen molar-refractivity contribution in [3.05, 3.63) is 57.8 Å². The van der Waals surface area contributed by atoms with E-state index in [1.807, 2.05) is 6.07 Å². The van der Waals surface area contributed by atoms with Gasteiger partial charge >= 0.3 is 0 Å². The van der Waals surface area contributed by atoms with Crippen molar-refractivity contribution in [2.24, 2.45) is 5.73 Å². The Morgan fingerprint density at radius 1 is 1.24 bits per heavy atom. The minimum atomic E-state index is 0.188. The Labute approximate surface area is 131 Å². The zero-order valence-electron chi connectivity index (χ0n) is 13.0. The maximum Gasteiger partial charge on any atom is 0.0716 e. The first-order valence-corrected chi connectivity index (χ1v) is 8.09. The van der Waals surface area contributed by atoms with Gasteiger partial charge in [0.15, 0.2) is 0 Å². The van der Waals surface area contributed by atoms with Crippen LogP contribution in [0.4, 0.5) is 0 Å². The van der Waals surface area contributed by atoms with Gasteiger partial charge in [-0.25, -0.2) is 0 Å². The van der Waals surface area contributed by atoms with Gasteiger partial charge in [0.2, 0.25) is 0 Å². The fourth-order valence-corrected chi connectivity index (χ4v) is 3.49. The number of nitrogens with zero attached hydrogens (tertiary/aromatic N) is 1. The molecular weight excluding hydrogens is 280 g/mol. The molecule has 114 valence electrons. The molecule has 0 saturated heterocycles. The fourth-order valence-electron chi connectivity index (χ4n) is 2.66. The maximum absolute atomic E-state index is 6.08. The Morgan fingerprint density at radius 2 is 2.00 bits per heavy atom. The number of rotatable bonds is 7. The molecule has 0 amide bonds. The lowest BCUT2D eigenvalue weighted by Crippen LogP contribution is -2.33. The summed E-state index contributed by atoms with van der Waals surface area (Å²) >= 11 is 1.79. The summed E-state index contributed by atoms with van der Waals surface area (Å²) < 4.78 is 5.32. The molecule has 1 aromatic heterocycles. The highest BCUT2D eigenvalue weighted by Gasteiger charge is 2.23. The maximum atomic E-state index is 6.08. The van der Waals surface area contributed by atoms with E-state index in [-0.39, 0.29) is 6.04 Å². The predicted octanol–water partition coefficient (Wildman–Crippen LogP) is 3.59. The monoisotopic (exact) mass is 304 g/mol. The van der Waals surface area contributed by atoms with Crippen molar-refractivity contribution in [1.29, 1.82) is 0 Å². The standard InChI is InChI=1S/C17H24N2OS/c1-13(17-9-6-10-21-17)19(2)16(11-18)15-8-5-4-7-14(15)12-20-3/h4-10,13,16H,11-12,18H2,1-3H3. The molecule has 2 unspecified atom stereocenters. The summed E-state index contributed by atoms with van der Waals surface area (Å²) in [5.41, 5.74) is 8.55. The van der Waals surface area contributed by atoms with Crippen LogP contribution in [-0.2, 0) is 11.3 Å². The van der Waals surface area contributed by atoms with E-state index in [0.29, 0.717) is 19.2 Å². The summed E-state index contributed by atoms with van der Waals surface area (Å²) in [4.78, 5) is 3.71. The second-order valence-corrected chi connectivity index (χ2v) is 6.22. The summed E-state index contributed by atoms with van der Waals surface area (Å²) in [5.74, 6) is 0. The first kappa shape index (κ1) is 16.2. The van der Waals surface area contributed by atoms with Gasteiger partial charge in [-0.15, -0.1) is 11.3 Å². The van der Waals surface area contributed by atoms with Crippen molar-refractivity contribution in [3.8, 4) is 0 Å². The lowest BCUT2D eigenvalue weighted by atomic mass is 9.98. The molecule has 4 heteroatoms. The van der Waals surface area contributed by atoms with Crippen molar-refractivity contribution >= 4 is 11.3 Å². The minimum Gasteiger partial charge on any atom is -0.380 e. The van der Waals surface area contributed by atoms with Crippen LogP contribution >= 0.6 is 11.3 Å². The molecular formula is C17H24N2OS. The van der Waals surface area contributed by atoms with E-state index >= 15 is 0 Å². The molecule has 3 nitrogen and oxygen atoms in total. The van der Waals surface area contributed by atoms with Crippen LogP contribution in [0, 0.1) is 0 Å². The van der Waals surface area contributed by atoms with Gasteiger partial charge in [-0.2, -0.15) is 0 Å². The van der Waals surface area contributed by atoms with Gasteiger partial charge in [-0.05, 0) is 36.5 Å². The second-order valence-electron chi connectivity index (χ2n) is 5.24. The number of thiophene rings is 1. The molecule has 21 heavy (non-hydrogen) atoms. The van der Waals surface area contributed by atoms with Gasteiger partial charge in [-0.1, -0.05) is 30.3 Å². The van der Waals surface area contributed by atoms with E-state index in [9.17, 15) is 0 Å². The third-order valence-electron chi connectivity index (χ3n) is 3.99. The smallest absolute Gasteiger partial charge is 0.0716 e. The Balaban J connectivity index is 2.26. The molecule has 1 aromatic carbocycles. The minimum absolute atomic E-state index is 0.188. The van der Waals surface area contributed by atoms with Crippen LogP contribution in [0.15, 0.2) is 41.8 Å². The predicted molar refractivity (Wildman–Crippen MR) is 89.4 cm³/mol. The third kappa shape index (κ3) is 3.71. The van der Waals surface area contributed by atoms with Crippen LogP contribution in [0.5, 0.6) is 0 Å². The van der Waals surface area contributed by atoms with Crippen LogP contribution in [0.1, 0.15) is 35.0 Å². The average Bonchev–Trinajstić information content (AvgIpc) is 3.03. The van der Waals surface area contributed by atoms with Crippen LogP contribution in [0.2, 0.25) is 0 Å². The topological polar surface area (TPSA) is 38.5 Å². The zero-order valence-corrected chi connectivity index (χ0v) is 13.8. The van der Waals surface area contributed by atoms with Gasteiger partial charge in [-0.3, -0.25) is 4.90 Å². The van der Waals surface area contributed by atoms with Crippen molar-refractivity contribution in [2.75, 3.05) is 20.7 Å². The van der Waals surface area contributed by atoms with E-state index in [1.54, 1.807) is 18.4 Å². The molecule has 0 fully saturated rings. The molecule has 2 rings (SSSR count). The van der Waals surface area contributed by atoms with E-state index < -0.39 is 0 Å². The molecule has 2 aromatic rings. The zero-order chi connectivity index (χ0) is 15.2. The highest BCUT2D eigenvalue weighted by molar-refractivity contribution is 7.10. The van der Waals surface area contributed by atoms with E-state index in [0.717, 1.165) is 0 Å². The Hall–Kier alpha value is -1.20. The summed E-state index contributed by atoms with van der Waals surface area (Å²) in [5, 5.41) is 2.12. The summed E-state index contributed by atoms with van der Waals surface area (Å²) in [6.07, 6.45) is 0. The Morgan fingerprint density at radius 3 is 2.62 bits per heavy atom. The van der Waals surface area contributed by atoms with Crippen LogP contribution in [0.25, 0.3) is 0 Å². The summed E-state index contributed by atoms with van der Waals surface area (Å²) in [6.45, 7) is 3.44. The van der Waals surface area contributed by atoms with Crippen molar-refractivity contribution in [1.82, 2.24) is 4.90 Å². The fraction of sp³-hybridized carbons (Fsp3) is 0.412. The van der Waals surface area contributed by atoms with Gasteiger partial charge in [0, 0.05) is 30.6 Å². The van der Waals surface area contributed by atoms with Gasteiger partial charge in [0.05, 0.1) is 6.61 Å². The molecule has 0 spiro atoms. The van der Waals surface area contributed by atoms with E-state index in [4.69, 9.17) is 10.5 Å². The first-order chi connectivity index (χ1) is 10.2. The van der Waals surface area contributed by atoms with Crippen molar-refractivity contribution in [3.63, 3.8) is 0 Å². The SMILES string of the molecule is COCc1ccccc1C(CN)N(C)C(C)c1cccs1. The summed E-state index contributed by atoms with van der Waals surface area (Å²) in [6, 6.07) is 13.2. The number of hydrogen-bond donors (Lipinski definition) is 1. The van der Waals surface area contributed by atoms with Crippen LogP contribution in [0.3, 0.4) is 0 Å². The molecule has 2 atom stereocenters. The van der Waals surface area contributed by atoms with E-state index in [1.165, 1.54) is 16.0 Å². The normalized spacial score (nSPS) is 14.3. The van der Waals surface area contributed by atoms with Crippen LogP contribution < -0.4 is 5.73 Å². The van der Waals surface area contributed by atoms with Crippen molar-refractivity contribution < 1.29 is 4.74 Å². The van der Waals surface area contributed by atoms with E-state index in [2.05, 4.69) is 54.6 Å². The number of hydrogen-bond acceptors (Lipinski definition) is 4. The number of ether oxygens (including phenoxy) is 1. The molecule has 0 aliphatic rings. The number of benzene rings is 1. The molecule has 0 aliphatic heterocycles. The quantitative estimate of drug-likeness (QED) is 0.849. The van der Waals surface area contributed by atoms with Crippen molar-refractivity contribution in [2.45, 2.75) is 25.6 Å². The highest BCUT2D eigenvalue weighted by atomic mass is 32.1. The Kier molecular flexibility index (Phi) is 5.94. The lowest BCUT2D eigenvalue weighted by molar-refractivity contribution is 0.171. The largest absolute Gasteiger partial charge is 0.380 e. The molecule has 0 bridgehead atoms. The second kappa shape index (κ2) is 7.71. The highest BCUT2D eigenvalue weighted by Crippen LogP contribution is 2.32. The summed E-state index contributed by atoms with van der Waals surface area (Å²) in [7, 11) is 3.87. The molecule has 0 radical (unpaired) electrons. The van der Waals surface area contributed by atoms with Gasteiger partial charge in [0.1, 0.15) is 0 Å². The average molecular weight is 304 g/mol. The molecule has 0 saturated carbocycles. The molecule has 1 heterocycles. The van der Waals surface area contributed by atoms with Gasteiger partial charge < -0.3 is 10.5 Å². The third-order valence-corrected chi connectivity index (χ3v) is 5.04. The molecule has 2 N–H and O–H groups in total. The molecule has 0 aliphatic carbocycles. The number of likely N-dealkylation sites (N-methyl/N-ethyl adjacent to an activating group) is 1. The first-order valence-electron chi connectivity index (χ1n) is 7.21. The lowest BCUT2D eigenvalue weighted by Gasteiger charge is -2.33.